The second kappa shape index (κ2) is 7.08. The molecule has 0 radical (unpaired) electrons. The third-order valence-corrected chi connectivity index (χ3v) is 3.30. The van der Waals surface area contributed by atoms with E-state index in [1.165, 1.54) is 6.20 Å². The van der Waals surface area contributed by atoms with Gasteiger partial charge in [-0.15, -0.1) is 11.3 Å². The van der Waals surface area contributed by atoms with Crippen LogP contribution in [-0.4, -0.2) is 22.5 Å². The molecule has 0 amide bonds. The summed E-state index contributed by atoms with van der Waals surface area (Å²) >= 11 is 1.58. The Bertz CT molecular complexity index is 502. The zero-order chi connectivity index (χ0) is 12.1. The van der Waals surface area contributed by atoms with Crippen LogP contribution in [0.3, 0.4) is 0 Å². The topological polar surface area (TPSA) is 52.1 Å². The summed E-state index contributed by atoms with van der Waals surface area (Å²) in [5.74, 6) is -0.333. The molecule has 0 saturated carbocycles. The van der Waals surface area contributed by atoms with Gasteiger partial charge in [-0.25, -0.2) is 9.78 Å². The third kappa shape index (κ3) is 3.78. The number of aromatic nitrogens is 2. The zero-order valence-corrected chi connectivity index (χ0v) is 11.4. The lowest BCUT2D eigenvalue weighted by atomic mass is 10.3. The molecule has 0 spiro atoms. The van der Waals surface area contributed by atoms with Gasteiger partial charge < -0.3 is 17.1 Å². The van der Waals surface area contributed by atoms with Crippen molar-refractivity contribution in [2.75, 3.05) is 6.61 Å². The van der Waals surface area contributed by atoms with Crippen LogP contribution in [0.15, 0.2) is 30.0 Å². The van der Waals surface area contributed by atoms with E-state index in [0.717, 1.165) is 10.6 Å². The molecule has 0 fully saturated rings. The number of carbonyl (C=O) groups excluding carboxylic acids is 1. The summed E-state index contributed by atoms with van der Waals surface area (Å²) in [7, 11) is 0. The standard InChI is InChI=1S/C12H12N2O2S.ClH/c1-9-11(17-8-14-9)4-6-16-12(15)10-3-2-5-13-7-10;/h2-3,5,7-8H,4,6H2,1H3;1H/p-1. The highest BCUT2D eigenvalue weighted by atomic mass is 35.5. The molecule has 4 nitrogen and oxygen atoms in total. The van der Waals surface area contributed by atoms with Gasteiger partial charge in [0.2, 0.25) is 0 Å². The van der Waals surface area contributed by atoms with Gasteiger partial charge in [0.25, 0.3) is 0 Å². The number of hydrogen-bond acceptors (Lipinski definition) is 5. The molecular formula is C12H12ClN2O2S-. The molecule has 0 bridgehead atoms. The lowest BCUT2D eigenvalue weighted by Crippen LogP contribution is -3.00. The Morgan fingerprint density at radius 3 is 2.94 bits per heavy atom. The normalized spacial score (nSPS) is 9.61. The molecule has 2 aromatic rings. The Labute approximate surface area is 115 Å². The number of pyridine rings is 1. The molecule has 0 unspecified atom stereocenters. The second-order valence-corrected chi connectivity index (χ2v) is 4.43. The van der Waals surface area contributed by atoms with E-state index >= 15 is 0 Å². The number of aryl methyl sites for hydroxylation is 1. The van der Waals surface area contributed by atoms with Crippen LogP contribution in [0.25, 0.3) is 0 Å². The quantitative estimate of drug-likeness (QED) is 0.693. The van der Waals surface area contributed by atoms with Crippen molar-refractivity contribution in [3.8, 4) is 0 Å². The van der Waals surface area contributed by atoms with E-state index in [1.54, 1.807) is 35.2 Å². The van der Waals surface area contributed by atoms with Crippen LogP contribution in [-0.2, 0) is 11.2 Å². The Balaban J connectivity index is 0.00000162. The SMILES string of the molecule is Cc1ncsc1CCOC(=O)c1cccnc1.[Cl-]. The maximum absolute atomic E-state index is 11.6. The van der Waals surface area contributed by atoms with Crippen molar-refractivity contribution in [2.24, 2.45) is 0 Å². The number of thiazole rings is 1. The minimum Gasteiger partial charge on any atom is -1.00 e. The number of rotatable bonds is 4. The number of esters is 1. The Kier molecular flexibility index (Phi) is 5.74. The van der Waals surface area contributed by atoms with E-state index in [0.29, 0.717) is 18.6 Å². The van der Waals surface area contributed by atoms with Crippen LogP contribution in [0.2, 0.25) is 0 Å². The van der Waals surface area contributed by atoms with E-state index in [4.69, 9.17) is 4.74 Å². The molecule has 0 aliphatic rings. The molecular weight excluding hydrogens is 272 g/mol. The predicted octanol–water partition coefficient (Wildman–Crippen LogP) is -0.750. The first-order valence-corrected chi connectivity index (χ1v) is 6.11. The van der Waals surface area contributed by atoms with Crippen molar-refractivity contribution in [2.45, 2.75) is 13.3 Å². The largest absolute Gasteiger partial charge is 1.00 e. The van der Waals surface area contributed by atoms with Gasteiger partial charge >= 0.3 is 5.97 Å². The van der Waals surface area contributed by atoms with Gasteiger partial charge in [-0.2, -0.15) is 0 Å². The summed E-state index contributed by atoms with van der Waals surface area (Å²) in [6, 6.07) is 3.40. The van der Waals surface area contributed by atoms with E-state index in [-0.39, 0.29) is 18.4 Å². The summed E-state index contributed by atoms with van der Waals surface area (Å²) in [4.78, 5) is 20.7. The summed E-state index contributed by atoms with van der Waals surface area (Å²) < 4.78 is 5.16. The highest BCUT2D eigenvalue weighted by Gasteiger charge is 2.07. The Morgan fingerprint density at radius 2 is 2.33 bits per heavy atom. The van der Waals surface area contributed by atoms with Crippen molar-refractivity contribution in [1.82, 2.24) is 9.97 Å². The van der Waals surface area contributed by atoms with E-state index in [9.17, 15) is 4.79 Å². The van der Waals surface area contributed by atoms with Gasteiger partial charge in [-0.3, -0.25) is 4.98 Å². The molecule has 0 saturated heterocycles. The smallest absolute Gasteiger partial charge is 0.339 e. The highest BCUT2D eigenvalue weighted by molar-refractivity contribution is 7.09. The first-order valence-electron chi connectivity index (χ1n) is 5.23. The maximum atomic E-state index is 11.6. The van der Waals surface area contributed by atoms with Gasteiger partial charge in [0.05, 0.1) is 23.4 Å². The average molecular weight is 284 g/mol. The van der Waals surface area contributed by atoms with Crippen molar-refractivity contribution in [3.05, 3.63) is 46.2 Å². The molecule has 0 aliphatic heterocycles. The minimum atomic E-state index is -0.333. The molecule has 96 valence electrons. The van der Waals surface area contributed by atoms with Gasteiger partial charge in [0.15, 0.2) is 0 Å². The van der Waals surface area contributed by atoms with Crippen molar-refractivity contribution in [3.63, 3.8) is 0 Å². The Hall–Kier alpha value is -1.46. The zero-order valence-electron chi connectivity index (χ0n) is 9.80. The fourth-order valence-electron chi connectivity index (χ4n) is 1.37. The van der Waals surface area contributed by atoms with Crippen molar-refractivity contribution < 1.29 is 21.9 Å². The maximum Gasteiger partial charge on any atom is 0.339 e. The van der Waals surface area contributed by atoms with Crippen molar-refractivity contribution >= 4 is 17.3 Å². The van der Waals surface area contributed by atoms with Gasteiger partial charge in [-0.05, 0) is 19.1 Å². The Morgan fingerprint density at radius 1 is 1.50 bits per heavy atom. The number of ether oxygens (including phenoxy) is 1. The molecule has 18 heavy (non-hydrogen) atoms. The molecule has 2 rings (SSSR count). The number of carbonyl (C=O) groups is 1. The molecule has 6 heteroatoms. The molecule has 2 heterocycles. The fourth-order valence-corrected chi connectivity index (χ4v) is 2.13. The average Bonchev–Trinajstić information content (AvgIpc) is 2.76. The summed E-state index contributed by atoms with van der Waals surface area (Å²) in [5, 5.41) is 0. The summed E-state index contributed by atoms with van der Waals surface area (Å²) in [6.07, 6.45) is 3.83. The second-order valence-electron chi connectivity index (χ2n) is 3.49. The first-order chi connectivity index (χ1) is 8.27. The predicted molar refractivity (Wildman–Crippen MR) is 65.1 cm³/mol. The number of hydrogen-bond donors (Lipinski definition) is 0. The third-order valence-electron chi connectivity index (χ3n) is 2.30. The monoisotopic (exact) mass is 283 g/mol. The van der Waals surface area contributed by atoms with Crippen LogP contribution in [0, 0.1) is 6.92 Å². The lowest BCUT2D eigenvalue weighted by molar-refractivity contribution is -0.0000218. The van der Waals surface area contributed by atoms with Gasteiger partial charge in [0.1, 0.15) is 0 Å². The summed E-state index contributed by atoms with van der Waals surface area (Å²) in [5.41, 5.74) is 3.29. The van der Waals surface area contributed by atoms with E-state index in [1.807, 2.05) is 6.92 Å². The van der Waals surface area contributed by atoms with Crippen LogP contribution >= 0.6 is 11.3 Å². The van der Waals surface area contributed by atoms with Gasteiger partial charge in [0, 0.05) is 23.7 Å². The molecule has 0 aromatic carbocycles. The number of nitrogens with zero attached hydrogens (tertiary/aromatic N) is 2. The first kappa shape index (κ1) is 14.6. The van der Waals surface area contributed by atoms with Crippen LogP contribution in [0.1, 0.15) is 20.9 Å². The van der Waals surface area contributed by atoms with Crippen LogP contribution in [0.5, 0.6) is 0 Å². The summed E-state index contributed by atoms with van der Waals surface area (Å²) in [6.45, 7) is 2.32. The molecule has 0 aliphatic carbocycles. The van der Waals surface area contributed by atoms with Crippen LogP contribution < -0.4 is 12.4 Å². The highest BCUT2D eigenvalue weighted by Crippen LogP contribution is 2.12. The lowest BCUT2D eigenvalue weighted by Gasteiger charge is -2.03. The molecule has 0 atom stereocenters. The minimum absolute atomic E-state index is 0. The molecule has 0 N–H and O–H groups in total. The fraction of sp³-hybridized carbons (Fsp3) is 0.250. The molecule has 2 aromatic heterocycles. The number of halogens is 1. The van der Waals surface area contributed by atoms with Gasteiger partial charge in [-0.1, -0.05) is 0 Å². The van der Waals surface area contributed by atoms with E-state index < -0.39 is 0 Å². The van der Waals surface area contributed by atoms with Crippen molar-refractivity contribution in [1.29, 1.82) is 0 Å². The van der Waals surface area contributed by atoms with E-state index in [2.05, 4.69) is 9.97 Å². The van der Waals surface area contributed by atoms with Crippen LogP contribution in [0.4, 0.5) is 0 Å².